The van der Waals surface area contributed by atoms with Crippen molar-refractivity contribution < 1.29 is 18.7 Å². The Labute approximate surface area is 179 Å². The average molecular weight is 439 g/mol. The Morgan fingerprint density at radius 2 is 1.97 bits per heavy atom. The predicted octanol–water partition coefficient (Wildman–Crippen LogP) is 2.87. The maximum absolute atomic E-state index is 12.6. The van der Waals surface area contributed by atoms with Crippen LogP contribution in [0.5, 0.6) is 11.5 Å². The van der Waals surface area contributed by atoms with E-state index in [0.29, 0.717) is 28.2 Å². The van der Waals surface area contributed by atoms with Gasteiger partial charge in [0.15, 0.2) is 11.5 Å². The van der Waals surface area contributed by atoms with Crippen LogP contribution in [-0.4, -0.2) is 37.9 Å². The lowest BCUT2D eigenvalue weighted by Gasteiger charge is -2.23. The van der Waals surface area contributed by atoms with Gasteiger partial charge in [-0.15, -0.1) is 10.2 Å². The van der Waals surface area contributed by atoms with Gasteiger partial charge in [0, 0.05) is 5.69 Å². The van der Waals surface area contributed by atoms with Crippen LogP contribution in [0.25, 0.3) is 11.0 Å². The number of ether oxygens (including phenoxy) is 2. The van der Waals surface area contributed by atoms with E-state index in [-0.39, 0.29) is 29.3 Å². The van der Waals surface area contributed by atoms with E-state index < -0.39 is 11.4 Å². The van der Waals surface area contributed by atoms with Crippen LogP contribution in [0.15, 0.2) is 56.9 Å². The van der Waals surface area contributed by atoms with Crippen LogP contribution >= 0.6 is 11.8 Å². The number of nitrogens with one attached hydrogen (secondary N) is 3. The van der Waals surface area contributed by atoms with Gasteiger partial charge in [0.2, 0.25) is 12.0 Å². The molecule has 10 nitrogen and oxygen atoms in total. The van der Waals surface area contributed by atoms with E-state index in [9.17, 15) is 9.59 Å². The molecule has 0 fully saturated rings. The van der Waals surface area contributed by atoms with Crippen molar-refractivity contribution in [1.29, 1.82) is 0 Å². The summed E-state index contributed by atoms with van der Waals surface area (Å²) in [4.78, 5) is 29.2. The van der Waals surface area contributed by atoms with Crippen molar-refractivity contribution in [2.45, 2.75) is 23.5 Å². The van der Waals surface area contributed by atoms with Crippen molar-refractivity contribution in [2.75, 3.05) is 11.9 Å². The van der Waals surface area contributed by atoms with Crippen molar-refractivity contribution in [3.8, 4) is 11.5 Å². The molecule has 1 amide bonds. The molecule has 0 bridgehead atoms. The van der Waals surface area contributed by atoms with E-state index in [2.05, 4.69) is 25.5 Å². The molecule has 1 aliphatic rings. The van der Waals surface area contributed by atoms with E-state index in [4.69, 9.17) is 13.9 Å². The molecule has 0 radical (unpaired) electrons. The first-order chi connectivity index (χ1) is 15.0. The highest BCUT2D eigenvalue weighted by atomic mass is 32.2. The number of imidazole rings is 1. The Morgan fingerprint density at radius 3 is 2.84 bits per heavy atom. The molecule has 2 aromatic heterocycles. The number of carbonyl (C=O) groups is 1. The maximum Gasteiger partial charge on any atom is 0.323 e. The summed E-state index contributed by atoms with van der Waals surface area (Å²) in [7, 11) is 0. The Balaban J connectivity index is 1.22. The minimum absolute atomic E-state index is 0.242. The van der Waals surface area contributed by atoms with E-state index in [0.717, 1.165) is 11.8 Å². The summed E-state index contributed by atoms with van der Waals surface area (Å²) >= 11 is 1.14. The summed E-state index contributed by atoms with van der Waals surface area (Å²) < 4.78 is 17.2. The fraction of sp³-hybridized carbons (Fsp3) is 0.200. The Kier molecular flexibility index (Phi) is 4.86. The summed E-state index contributed by atoms with van der Waals surface area (Å²) in [5, 5.41) is 10.6. The molecule has 1 aliphatic heterocycles. The number of thioether (sulfide) groups is 1. The number of benzene rings is 2. The molecule has 2 aromatic carbocycles. The molecule has 11 heteroatoms. The minimum atomic E-state index is -0.517. The highest BCUT2D eigenvalue weighted by Crippen LogP contribution is 2.36. The van der Waals surface area contributed by atoms with Crippen LogP contribution < -0.4 is 20.5 Å². The number of hydrogen-bond donors (Lipinski definition) is 3. The number of nitrogens with zero attached hydrogens (tertiary/aromatic N) is 2. The molecular weight excluding hydrogens is 422 g/mol. The van der Waals surface area contributed by atoms with Gasteiger partial charge in [0.1, 0.15) is 6.61 Å². The third kappa shape index (κ3) is 3.99. The summed E-state index contributed by atoms with van der Waals surface area (Å²) in [6, 6.07) is 12.5. The molecule has 0 spiro atoms. The van der Waals surface area contributed by atoms with E-state index >= 15 is 0 Å². The standard InChI is InChI=1S/C20H17N5O5S/c1-10(17(26)21-11-6-7-12-13(8-11)23-19(27)22-12)31-20-25-24-18(30-20)16-9-28-14-4-2-3-5-15(14)29-16/h2-8,10,16H,9H2,1H3,(H,21,26)(H2,22,23,27)/t10-,16-/m0/s1. The number of anilines is 1. The smallest absolute Gasteiger partial charge is 0.323 e. The maximum atomic E-state index is 12.6. The van der Waals surface area contributed by atoms with Gasteiger partial charge in [-0.1, -0.05) is 23.9 Å². The molecule has 3 heterocycles. The number of aromatic nitrogens is 4. The summed E-state index contributed by atoms with van der Waals surface area (Å²) in [5.74, 6) is 1.32. The minimum Gasteiger partial charge on any atom is -0.485 e. The largest absolute Gasteiger partial charge is 0.485 e. The number of hydrogen-bond acceptors (Lipinski definition) is 8. The summed E-state index contributed by atoms with van der Waals surface area (Å²) in [6.45, 7) is 1.99. The molecule has 2 atom stereocenters. The molecule has 3 N–H and O–H groups in total. The Morgan fingerprint density at radius 1 is 1.16 bits per heavy atom. The second-order valence-electron chi connectivity index (χ2n) is 6.86. The first-order valence-corrected chi connectivity index (χ1v) is 10.3. The van der Waals surface area contributed by atoms with Gasteiger partial charge >= 0.3 is 5.69 Å². The first-order valence-electron chi connectivity index (χ1n) is 9.46. The second-order valence-corrected chi connectivity index (χ2v) is 8.15. The van der Waals surface area contributed by atoms with Gasteiger partial charge < -0.3 is 29.2 Å². The fourth-order valence-electron chi connectivity index (χ4n) is 3.10. The van der Waals surface area contributed by atoms with Crippen molar-refractivity contribution in [3.63, 3.8) is 0 Å². The number of rotatable bonds is 5. The zero-order chi connectivity index (χ0) is 21.4. The lowest BCUT2D eigenvalue weighted by atomic mass is 10.2. The first kappa shape index (κ1) is 19.2. The highest BCUT2D eigenvalue weighted by Gasteiger charge is 2.28. The molecule has 5 rings (SSSR count). The second kappa shape index (κ2) is 7.84. The lowest BCUT2D eigenvalue weighted by molar-refractivity contribution is -0.115. The molecule has 0 aliphatic carbocycles. The van der Waals surface area contributed by atoms with Crippen LogP contribution in [0.1, 0.15) is 18.9 Å². The van der Waals surface area contributed by atoms with Crippen molar-refractivity contribution in [1.82, 2.24) is 20.2 Å². The van der Waals surface area contributed by atoms with Gasteiger partial charge in [0.05, 0.1) is 16.3 Å². The number of amides is 1. The van der Waals surface area contributed by atoms with Crippen molar-refractivity contribution in [3.05, 3.63) is 58.8 Å². The predicted molar refractivity (Wildman–Crippen MR) is 112 cm³/mol. The number of para-hydroxylation sites is 2. The summed E-state index contributed by atoms with van der Waals surface area (Å²) in [6.07, 6.45) is -0.517. The Hall–Kier alpha value is -3.73. The zero-order valence-electron chi connectivity index (χ0n) is 16.2. The number of aromatic amines is 2. The normalized spacial score (nSPS) is 16.2. The molecule has 4 aromatic rings. The SMILES string of the molecule is C[C@H](Sc1nnc([C@@H]2COc3ccccc3O2)o1)C(=O)Nc1ccc2[nH]c(=O)[nH]c2c1. The van der Waals surface area contributed by atoms with Gasteiger partial charge in [-0.3, -0.25) is 4.79 Å². The molecular formula is C20H17N5O5S. The molecule has 0 unspecified atom stereocenters. The molecule has 158 valence electrons. The number of fused-ring (bicyclic) bond motifs is 2. The van der Waals surface area contributed by atoms with Crippen LogP contribution in [0.2, 0.25) is 0 Å². The summed E-state index contributed by atoms with van der Waals surface area (Å²) in [5.41, 5.74) is 1.55. The molecule has 0 saturated carbocycles. The third-order valence-electron chi connectivity index (χ3n) is 4.64. The third-order valence-corrected chi connectivity index (χ3v) is 5.57. The monoisotopic (exact) mass is 439 g/mol. The van der Waals surface area contributed by atoms with Crippen LogP contribution in [0.4, 0.5) is 5.69 Å². The van der Waals surface area contributed by atoms with Crippen LogP contribution in [-0.2, 0) is 4.79 Å². The fourth-order valence-corrected chi connectivity index (χ4v) is 3.79. The highest BCUT2D eigenvalue weighted by molar-refractivity contribution is 8.00. The molecule has 31 heavy (non-hydrogen) atoms. The Bertz CT molecular complexity index is 1310. The molecule has 0 saturated heterocycles. The van der Waals surface area contributed by atoms with Crippen molar-refractivity contribution in [2.24, 2.45) is 0 Å². The quantitative estimate of drug-likeness (QED) is 0.404. The van der Waals surface area contributed by atoms with Crippen molar-refractivity contribution >= 4 is 34.4 Å². The van der Waals surface area contributed by atoms with Crippen LogP contribution in [0.3, 0.4) is 0 Å². The average Bonchev–Trinajstić information content (AvgIpc) is 3.38. The van der Waals surface area contributed by atoms with Gasteiger partial charge in [-0.25, -0.2) is 4.79 Å². The zero-order valence-corrected chi connectivity index (χ0v) is 17.1. The lowest BCUT2D eigenvalue weighted by Crippen LogP contribution is -2.22. The number of carbonyl (C=O) groups excluding carboxylic acids is 1. The van der Waals surface area contributed by atoms with E-state index in [1.165, 1.54) is 0 Å². The van der Waals surface area contributed by atoms with Gasteiger partial charge in [0.25, 0.3) is 11.1 Å². The van der Waals surface area contributed by atoms with Gasteiger partial charge in [-0.05, 0) is 37.3 Å². The van der Waals surface area contributed by atoms with Gasteiger partial charge in [-0.2, -0.15) is 0 Å². The van der Waals surface area contributed by atoms with E-state index in [1.807, 2.05) is 18.2 Å². The van der Waals surface area contributed by atoms with Crippen LogP contribution in [0, 0.1) is 0 Å². The van der Waals surface area contributed by atoms with E-state index in [1.54, 1.807) is 31.2 Å². The topological polar surface area (TPSA) is 135 Å². The number of H-pyrrole nitrogens is 2.